The average Bonchev–Trinajstić information content (AvgIpc) is 2.72. The van der Waals surface area contributed by atoms with Crippen LogP contribution in [0.15, 0.2) is 23.1 Å². The Morgan fingerprint density at radius 2 is 1.72 bits per heavy atom. The zero-order chi connectivity index (χ0) is 21.0. The van der Waals surface area contributed by atoms with Crippen LogP contribution in [0.25, 0.3) is 0 Å². The van der Waals surface area contributed by atoms with E-state index in [9.17, 15) is 14.4 Å². The molecule has 160 valence electrons. The first kappa shape index (κ1) is 21.6. The van der Waals surface area contributed by atoms with Gasteiger partial charge in [-0.1, -0.05) is 20.8 Å². The third-order valence-electron chi connectivity index (χ3n) is 6.82. The molecule has 2 heterocycles. The standard InChI is InChI=1S/C23H35N3O3/c1-23(2,3)19-7-4-17(5-8-19)21(28)25-14-16-10-12-26(13-11-16)22(29)18-6-9-20(27)24-15-18/h6,9,15-17,19H,4-5,7-8,10-14H2,1-3H3,(H,24,27)(H,25,28). The molecule has 29 heavy (non-hydrogen) atoms. The number of aromatic amines is 1. The lowest BCUT2D eigenvalue weighted by Crippen LogP contribution is -2.43. The Labute approximate surface area is 173 Å². The highest BCUT2D eigenvalue weighted by Gasteiger charge is 2.32. The molecule has 0 bridgehead atoms. The van der Waals surface area contributed by atoms with Crippen molar-refractivity contribution in [3.63, 3.8) is 0 Å². The first-order valence-electron chi connectivity index (χ1n) is 11.0. The molecule has 0 radical (unpaired) electrons. The van der Waals surface area contributed by atoms with Gasteiger partial charge in [-0.25, -0.2) is 0 Å². The molecule has 1 aromatic heterocycles. The number of pyridine rings is 1. The van der Waals surface area contributed by atoms with E-state index in [4.69, 9.17) is 0 Å². The fourth-order valence-electron chi connectivity index (χ4n) is 4.68. The second kappa shape index (κ2) is 9.14. The van der Waals surface area contributed by atoms with Crippen molar-refractivity contribution in [2.24, 2.45) is 23.2 Å². The average molecular weight is 402 g/mol. The van der Waals surface area contributed by atoms with Crippen LogP contribution in [-0.4, -0.2) is 41.3 Å². The molecular formula is C23H35N3O3. The number of likely N-dealkylation sites (tertiary alicyclic amines) is 1. The van der Waals surface area contributed by atoms with E-state index in [-0.39, 0.29) is 23.3 Å². The normalized spacial score (nSPS) is 23.6. The highest BCUT2D eigenvalue weighted by molar-refractivity contribution is 5.93. The van der Waals surface area contributed by atoms with Crippen LogP contribution < -0.4 is 10.9 Å². The topological polar surface area (TPSA) is 82.3 Å². The molecule has 2 N–H and O–H groups in total. The lowest BCUT2D eigenvalue weighted by molar-refractivity contribution is -0.126. The summed E-state index contributed by atoms with van der Waals surface area (Å²) in [6.45, 7) is 8.98. The van der Waals surface area contributed by atoms with E-state index in [0.717, 1.165) is 44.4 Å². The van der Waals surface area contributed by atoms with Crippen molar-refractivity contribution in [3.05, 3.63) is 34.2 Å². The van der Waals surface area contributed by atoms with E-state index >= 15 is 0 Å². The molecular weight excluding hydrogens is 366 g/mol. The molecule has 2 fully saturated rings. The van der Waals surface area contributed by atoms with Crippen LogP contribution >= 0.6 is 0 Å². The molecule has 1 aromatic rings. The van der Waals surface area contributed by atoms with Crippen molar-refractivity contribution >= 4 is 11.8 Å². The maximum Gasteiger partial charge on any atom is 0.255 e. The number of H-pyrrole nitrogens is 1. The van der Waals surface area contributed by atoms with Crippen LogP contribution in [0.4, 0.5) is 0 Å². The summed E-state index contributed by atoms with van der Waals surface area (Å²) in [6, 6.07) is 2.95. The summed E-state index contributed by atoms with van der Waals surface area (Å²) >= 11 is 0. The minimum atomic E-state index is -0.206. The summed E-state index contributed by atoms with van der Waals surface area (Å²) in [7, 11) is 0. The highest BCUT2D eigenvalue weighted by atomic mass is 16.2. The van der Waals surface area contributed by atoms with Gasteiger partial charge >= 0.3 is 0 Å². The number of hydrogen-bond donors (Lipinski definition) is 2. The molecule has 2 aliphatic rings. The molecule has 1 saturated carbocycles. The molecule has 0 spiro atoms. The van der Waals surface area contributed by atoms with Crippen molar-refractivity contribution in [1.82, 2.24) is 15.2 Å². The van der Waals surface area contributed by atoms with Gasteiger partial charge in [0.15, 0.2) is 0 Å². The molecule has 1 saturated heterocycles. The predicted octanol–water partition coefficient (Wildman–Crippen LogP) is 3.20. The summed E-state index contributed by atoms with van der Waals surface area (Å²) < 4.78 is 0. The van der Waals surface area contributed by atoms with Crippen LogP contribution in [0.3, 0.4) is 0 Å². The largest absolute Gasteiger partial charge is 0.356 e. The van der Waals surface area contributed by atoms with E-state index < -0.39 is 0 Å². The van der Waals surface area contributed by atoms with Gasteiger partial charge in [-0.3, -0.25) is 14.4 Å². The Kier molecular flexibility index (Phi) is 6.81. The van der Waals surface area contributed by atoms with Crippen LogP contribution in [-0.2, 0) is 4.79 Å². The Balaban J connectivity index is 1.39. The Bertz CT molecular complexity index is 744. The van der Waals surface area contributed by atoms with Crippen LogP contribution in [0.2, 0.25) is 0 Å². The third-order valence-corrected chi connectivity index (χ3v) is 6.82. The zero-order valence-electron chi connectivity index (χ0n) is 18.0. The molecule has 6 heteroatoms. The van der Waals surface area contributed by atoms with Gasteiger partial charge in [-0.05, 0) is 61.8 Å². The summed E-state index contributed by atoms with van der Waals surface area (Å²) in [5.74, 6) is 1.47. The van der Waals surface area contributed by atoms with Gasteiger partial charge in [0.2, 0.25) is 11.5 Å². The quantitative estimate of drug-likeness (QED) is 0.813. The number of nitrogens with zero attached hydrogens (tertiary/aromatic N) is 1. The number of carbonyl (C=O) groups excluding carboxylic acids is 2. The second-order valence-electron chi connectivity index (χ2n) is 9.84. The van der Waals surface area contributed by atoms with E-state index in [2.05, 4.69) is 31.1 Å². The maximum absolute atomic E-state index is 12.6. The molecule has 3 rings (SSSR count). The molecule has 6 nitrogen and oxygen atoms in total. The number of piperidine rings is 1. The monoisotopic (exact) mass is 401 g/mol. The number of amides is 2. The second-order valence-corrected chi connectivity index (χ2v) is 9.84. The van der Waals surface area contributed by atoms with E-state index in [1.54, 1.807) is 6.07 Å². The fourth-order valence-corrected chi connectivity index (χ4v) is 4.68. The maximum atomic E-state index is 12.6. The van der Waals surface area contributed by atoms with E-state index in [1.165, 1.54) is 12.3 Å². The van der Waals surface area contributed by atoms with Gasteiger partial charge in [0.1, 0.15) is 0 Å². The SMILES string of the molecule is CC(C)(C)C1CCC(C(=O)NCC2CCN(C(=O)c3ccc(=O)[nH]c3)CC2)CC1. The van der Waals surface area contributed by atoms with Crippen molar-refractivity contribution < 1.29 is 9.59 Å². The number of carbonyl (C=O) groups is 2. The smallest absolute Gasteiger partial charge is 0.255 e. The van der Waals surface area contributed by atoms with E-state index in [0.29, 0.717) is 36.5 Å². The van der Waals surface area contributed by atoms with Crippen LogP contribution in [0.1, 0.15) is 69.7 Å². The first-order valence-corrected chi connectivity index (χ1v) is 11.0. The first-order chi connectivity index (χ1) is 13.7. The summed E-state index contributed by atoms with van der Waals surface area (Å²) in [5, 5.41) is 3.18. The molecule has 0 atom stereocenters. The number of hydrogen-bond acceptors (Lipinski definition) is 3. The Morgan fingerprint density at radius 3 is 2.28 bits per heavy atom. The van der Waals surface area contributed by atoms with Gasteiger partial charge in [0.05, 0.1) is 5.56 Å². The third kappa shape index (κ3) is 5.71. The van der Waals surface area contributed by atoms with Gasteiger partial charge in [-0.15, -0.1) is 0 Å². The lowest BCUT2D eigenvalue weighted by atomic mass is 9.69. The van der Waals surface area contributed by atoms with Gasteiger partial charge in [0.25, 0.3) is 5.91 Å². The minimum absolute atomic E-state index is 0.0423. The van der Waals surface area contributed by atoms with Gasteiger partial charge in [-0.2, -0.15) is 0 Å². The van der Waals surface area contributed by atoms with Crippen molar-refractivity contribution in [3.8, 4) is 0 Å². The van der Waals surface area contributed by atoms with Crippen LogP contribution in [0.5, 0.6) is 0 Å². The van der Waals surface area contributed by atoms with Crippen molar-refractivity contribution in [2.75, 3.05) is 19.6 Å². The summed E-state index contributed by atoms with van der Waals surface area (Å²) in [4.78, 5) is 40.6. The van der Waals surface area contributed by atoms with Gasteiger partial charge < -0.3 is 15.2 Å². The van der Waals surface area contributed by atoms with Gasteiger partial charge in [0, 0.05) is 37.8 Å². The number of rotatable bonds is 4. The highest BCUT2D eigenvalue weighted by Crippen LogP contribution is 2.39. The van der Waals surface area contributed by atoms with Crippen LogP contribution in [0, 0.1) is 23.2 Å². The molecule has 1 aliphatic heterocycles. The summed E-state index contributed by atoms with van der Waals surface area (Å²) in [5.41, 5.74) is 0.646. The lowest BCUT2D eigenvalue weighted by Gasteiger charge is -2.37. The molecule has 0 unspecified atom stereocenters. The number of nitrogens with one attached hydrogen (secondary N) is 2. The van der Waals surface area contributed by atoms with E-state index in [1.807, 2.05) is 4.90 Å². The fraction of sp³-hybridized carbons (Fsp3) is 0.696. The number of aromatic nitrogens is 1. The summed E-state index contributed by atoms with van der Waals surface area (Å²) in [6.07, 6.45) is 7.56. The van der Waals surface area contributed by atoms with Crippen molar-refractivity contribution in [1.29, 1.82) is 0 Å². The molecule has 1 aliphatic carbocycles. The zero-order valence-corrected chi connectivity index (χ0v) is 18.0. The molecule has 2 amide bonds. The Hall–Kier alpha value is -2.11. The van der Waals surface area contributed by atoms with Crippen molar-refractivity contribution in [2.45, 2.75) is 59.3 Å². The predicted molar refractivity (Wildman–Crippen MR) is 114 cm³/mol. The Morgan fingerprint density at radius 1 is 1.07 bits per heavy atom. The minimum Gasteiger partial charge on any atom is -0.356 e. The molecule has 0 aromatic carbocycles.